The van der Waals surface area contributed by atoms with Crippen LogP contribution in [0.2, 0.25) is 0 Å². The molecule has 1 aliphatic heterocycles. The predicted octanol–water partition coefficient (Wildman–Crippen LogP) is 3.06. The largest absolute Gasteiger partial charge is 0.381 e. The van der Waals surface area contributed by atoms with E-state index in [2.05, 4.69) is 9.55 Å². The van der Waals surface area contributed by atoms with Crippen molar-refractivity contribution in [2.24, 2.45) is 0 Å². The first-order chi connectivity index (χ1) is 12.5. The molecule has 2 aromatic rings. The second kappa shape index (κ2) is 7.99. The number of aromatic nitrogens is 2. The lowest BCUT2D eigenvalue weighted by Gasteiger charge is -2.34. The molecule has 1 aromatic carbocycles. The molecule has 140 valence electrons. The second-order valence-corrected chi connectivity index (χ2v) is 6.72. The third-order valence-electron chi connectivity index (χ3n) is 5.05. The average Bonchev–Trinajstić information content (AvgIpc) is 3.02. The normalized spacial score (nSPS) is 16.6. The summed E-state index contributed by atoms with van der Waals surface area (Å²) in [5.74, 6) is 0.705. The van der Waals surface area contributed by atoms with Gasteiger partial charge in [0.15, 0.2) is 0 Å². The number of ether oxygens (including phenoxy) is 1. The van der Waals surface area contributed by atoms with Crippen molar-refractivity contribution in [1.29, 1.82) is 0 Å². The van der Waals surface area contributed by atoms with Crippen LogP contribution in [0.4, 0.5) is 4.39 Å². The van der Waals surface area contributed by atoms with E-state index in [1.54, 1.807) is 6.07 Å². The van der Waals surface area contributed by atoms with Gasteiger partial charge in [-0.1, -0.05) is 6.07 Å². The Morgan fingerprint density at radius 3 is 2.92 bits per heavy atom. The molecule has 0 bridgehead atoms. The van der Waals surface area contributed by atoms with Crippen LogP contribution in [0.15, 0.2) is 24.4 Å². The summed E-state index contributed by atoms with van der Waals surface area (Å²) in [6.45, 7) is 8.63. The van der Waals surface area contributed by atoms with Crippen LogP contribution in [0.5, 0.6) is 0 Å². The van der Waals surface area contributed by atoms with Crippen LogP contribution in [0.1, 0.15) is 42.5 Å². The Hall–Kier alpha value is -2.21. The lowest BCUT2D eigenvalue weighted by atomic mass is 10.0. The van der Waals surface area contributed by atoms with E-state index in [0.717, 1.165) is 35.6 Å². The number of halogens is 1. The third kappa shape index (κ3) is 3.80. The fourth-order valence-corrected chi connectivity index (χ4v) is 3.54. The molecular weight excluding hydrogens is 333 g/mol. The minimum absolute atomic E-state index is 0.0531. The molecule has 0 saturated heterocycles. The molecule has 0 saturated carbocycles. The zero-order valence-corrected chi connectivity index (χ0v) is 15.7. The zero-order valence-electron chi connectivity index (χ0n) is 15.7. The molecule has 1 aromatic heterocycles. The van der Waals surface area contributed by atoms with Gasteiger partial charge >= 0.3 is 0 Å². The number of carbonyl (C=O) groups is 1. The van der Waals surface area contributed by atoms with Crippen LogP contribution in [-0.4, -0.2) is 40.1 Å². The highest BCUT2D eigenvalue weighted by atomic mass is 19.1. The summed E-state index contributed by atoms with van der Waals surface area (Å²) in [5.41, 5.74) is 2.83. The molecule has 0 N–H and O–H groups in total. The van der Waals surface area contributed by atoms with Crippen LogP contribution in [0.3, 0.4) is 0 Å². The van der Waals surface area contributed by atoms with Gasteiger partial charge in [0.25, 0.3) is 0 Å². The van der Waals surface area contributed by atoms with Crippen molar-refractivity contribution >= 4 is 5.91 Å². The van der Waals surface area contributed by atoms with E-state index in [1.807, 2.05) is 31.9 Å². The molecule has 2 heterocycles. The van der Waals surface area contributed by atoms with Crippen LogP contribution in [0.25, 0.3) is 0 Å². The third-order valence-corrected chi connectivity index (χ3v) is 5.05. The molecule has 0 spiro atoms. The molecular formula is C20H26FN3O2. The quantitative estimate of drug-likeness (QED) is 0.745. The second-order valence-electron chi connectivity index (χ2n) is 6.72. The van der Waals surface area contributed by atoms with Crippen molar-refractivity contribution in [3.63, 3.8) is 0 Å². The number of benzene rings is 1. The van der Waals surface area contributed by atoms with E-state index >= 15 is 0 Å². The number of hydrogen-bond donors (Lipinski definition) is 0. The van der Waals surface area contributed by atoms with E-state index < -0.39 is 0 Å². The average molecular weight is 359 g/mol. The van der Waals surface area contributed by atoms with E-state index in [-0.39, 0.29) is 24.2 Å². The molecule has 1 amide bonds. The number of nitrogens with zero attached hydrogens (tertiary/aromatic N) is 3. The molecule has 0 unspecified atom stereocenters. The molecule has 3 rings (SSSR count). The highest BCUT2D eigenvalue weighted by molar-refractivity contribution is 5.79. The monoisotopic (exact) mass is 359 g/mol. The standard InChI is InChI=1S/C20H26FN3O2/c1-4-26-10-7-18-13-22-20-15(3)23(8-9-24(18)20)19(25)12-16-5-6-17(21)11-14(16)2/h5-6,11,13,15H,4,7-10,12H2,1-3H3/t15-/m1/s1. The SMILES string of the molecule is CCOCCc1cnc2n1CCN(C(=O)Cc1ccc(F)cc1C)[C@@H]2C. The maximum Gasteiger partial charge on any atom is 0.227 e. The molecule has 5 nitrogen and oxygen atoms in total. The maximum absolute atomic E-state index is 13.3. The topological polar surface area (TPSA) is 47.4 Å². The highest BCUT2D eigenvalue weighted by Crippen LogP contribution is 2.26. The van der Waals surface area contributed by atoms with Gasteiger partial charge in [-0.25, -0.2) is 9.37 Å². The first-order valence-corrected chi connectivity index (χ1v) is 9.17. The summed E-state index contributed by atoms with van der Waals surface area (Å²) in [4.78, 5) is 19.2. The van der Waals surface area contributed by atoms with Gasteiger partial charge in [-0.3, -0.25) is 4.79 Å². The van der Waals surface area contributed by atoms with Crippen molar-refractivity contribution in [3.8, 4) is 0 Å². The Labute approximate surface area is 153 Å². The predicted molar refractivity (Wildman–Crippen MR) is 97.4 cm³/mol. The Kier molecular flexibility index (Phi) is 5.71. The highest BCUT2D eigenvalue weighted by Gasteiger charge is 2.30. The van der Waals surface area contributed by atoms with E-state index in [0.29, 0.717) is 19.8 Å². The molecule has 1 aliphatic rings. The minimum atomic E-state index is -0.272. The summed E-state index contributed by atoms with van der Waals surface area (Å²) in [6, 6.07) is 4.51. The molecule has 0 radical (unpaired) electrons. The van der Waals surface area contributed by atoms with Gasteiger partial charge in [-0.05, 0) is 44.0 Å². The van der Waals surface area contributed by atoms with Crippen molar-refractivity contribution in [1.82, 2.24) is 14.5 Å². The first-order valence-electron chi connectivity index (χ1n) is 9.17. The van der Waals surface area contributed by atoms with Gasteiger partial charge in [-0.2, -0.15) is 0 Å². The van der Waals surface area contributed by atoms with Crippen LogP contribution < -0.4 is 0 Å². The van der Waals surface area contributed by atoms with Gasteiger partial charge in [-0.15, -0.1) is 0 Å². The van der Waals surface area contributed by atoms with E-state index in [4.69, 9.17) is 4.74 Å². The van der Waals surface area contributed by atoms with Crippen LogP contribution in [-0.2, 0) is 28.9 Å². The number of aryl methyl sites for hydroxylation is 1. The van der Waals surface area contributed by atoms with Crippen molar-refractivity contribution in [2.45, 2.75) is 46.2 Å². The van der Waals surface area contributed by atoms with Gasteiger partial charge in [0.2, 0.25) is 5.91 Å². The molecule has 0 aliphatic carbocycles. The van der Waals surface area contributed by atoms with Crippen LogP contribution >= 0.6 is 0 Å². The van der Waals surface area contributed by atoms with E-state index in [9.17, 15) is 9.18 Å². The summed E-state index contributed by atoms with van der Waals surface area (Å²) in [5, 5.41) is 0. The van der Waals surface area contributed by atoms with E-state index in [1.165, 1.54) is 12.1 Å². The smallest absolute Gasteiger partial charge is 0.227 e. The Bertz CT molecular complexity index is 787. The summed E-state index contributed by atoms with van der Waals surface area (Å²) >= 11 is 0. The minimum Gasteiger partial charge on any atom is -0.381 e. The maximum atomic E-state index is 13.3. The molecule has 0 fully saturated rings. The van der Waals surface area contributed by atoms with Gasteiger partial charge in [0.1, 0.15) is 11.6 Å². The lowest BCUT2D eigenvalue weighted by molar-refractivity contribution is -0.133. The number of rotatable bonds is 6. The van der Waals surface area contributed by atoms with Gasteiger partial charge < -0.3 is 14.2 Å². The van der Waals surface area contributed by atoms with Crippen molar-refractivity contribution in [3.05, 3.63) is 52.9 Å². The summed E-state index contributed by atoms with van der Waals surface area (Å²) < 4.78 is 20.9. The van der Waals surface area contributed by atoms with Gasteiger partial charge in [0.05, 0.1) is 19.1 Å². The number of hydrogen-bond acceptors (Lipinski definition) is 3. The zero-order chi connectivity index (χ0) is 18.7. The number of amides is 1. The Morgan fingerprint density at radius 2 is 2.19 bits per heavy atom. The first kappa shape index (κ1) is 18.6. The molecule has 6 heteroatoms. The van der Waals surface area contributed by atoms with Crippen LogP contribution in [0, 0.1) is 12.7 Å². The fourth-order valence-electron chi connectivity index (χ4n) is 3.54. The Balaban J connectivity index is 1.70. The number of imidazole rings is 1. The van der Waals surface area contributed by atoms with Crippen molar-refractivity contribution in [2.75, 3.05) is 19.8 Å². The number of carbonyl (C=O) groups excluding carboxylic acids is 1. The van der Waals surface area contributed by atoms with Crippen molar-refractivity contribution < 1.29 is 13.9 Å². The molecule has 26 heavy (non-hydrogen) atoms. The fraction of sp³-hybridized carbons (Fsp3) is 0.500. The summed E-state index contributed by atoms with van der Waals surface area (Å²) in [7, 11) is 0. The van der Waals surface area contributed by atoms with Gasteiger partial charge in [0, 0.05) is 38.0 Å². The number of fused-ring (bicyclic) bond motifs is 1. The lowest BCUT2D eigenvalue weighted by Crippen LogP contribution is -2.42. The molecule has 1 atom stereocenters. The summed E-state index contributed by atoms with van der Waals surface area (Å²) in [6.07, 6.45) is 3.01. The Morgan fingerprint density at radius 1 is 1.38 bits per heavy atom.